The summed E-state index contributed by atoms with van der Waals surface area (Å²) in [5.74, 6) is 0.408. The minimum atomic E-state index is -0.239. The number of carbonyl (C=O) groups is 2. The lowest BCUT2D eigenvalue weighted by atomic mass is 10.1. The molecule has 2 amide bonds. The number of ether oxygens (including phenoxy) is 1. The van der Waals surface area contributed by atoms with Gasteiger partial charge in [-0.05, 0) is 37.0 Å². The summed E-state index contributed by atoms with van der Waals surface area (Å²) in [4.78, 5) is 29.1. The van der Waals surface area contributed by atoms with Crippen LogP contribution in [-0.2, 0) is 6.42 Å². The van der Waals surface area contributed by atoms with Crippen LogP contribution >= 0.6 is 0 Å². The molecule has 1 saturated carbocycles. The molecule has 154 valence electrons. The van der Waals surface area contributed by atoms with E-state index in [-0.39, 0.29) is 17.9 Å². The van der Waals surface area contributed by atoms with Crippen LogP contribution in [0.5, 0.6) is 5.75 Å². The van der Waals surface area contributed by atoms with Gasteiger partial charge in [-0.3, -0.25) is 14.6 Å². The van der Waals surface area contributed by atoms with Crippen LogP contribution in [0.25, 0.3) is 0 Å². The number of methoxy groups -OCH3 is 1. The summed E-state index contributed by atoms with van der Waals surface area (Å²) in [6.07, 6.45) is 10.5. The Kier molecular flexibility index (Phi) is 7.61. The lowest BCUT2D eigenvalue weighted by Crippen LogP contribution is -2.34. The summed E-state index contributed by atoms with van der Waals surface area (Å²) < 4.78 is 5.33. The molecule has 0 unspecified atom stereocenters. The normalized spacial score (nSPS) is 14.7. The zero-order chi connectivity index (χ0) is 20.5. The van der Waals surface area contributed by atoms with Gasteiger partial charge < -0.3 is 15.4 Å². The van der Waals surface area contributed by atoms with Crippen molar-refractivity contribution in [3.8, 4) is 5.75 Å². The molecule has 0 atom stereocenters. The minimum absolute atomic E-state index is 0.159. The summed E-state index contributed by atoms with van der Waals surface area (Å²) in [5, 5.41) is 5.98. The van der Waals surface area contributed by atoms with E-state index >= 15 is 0 Å². The standard InChI is InChI=1S/C23H29N3O3/c1-29-21-11-7-6-8-17(21)12-13-25-22(27)18-14-19(16-24-15-18)23(28)26-20-9-4-2-3-5-10-20/h6-8,11,14-16,20H,2-5,9-10,12-13H2,1H3,(H,25,27)(H,26,28). The first kappa shape index (κ1) is 20.8. The largest absolute Gasteiger partial charge is 0.496 e. The third kappa shape index (κ3) is 6.04. The SMILES string of the molecule is COc1ccccc1CCNC(=O)c1cncc(C(=O)NC2CCCCCC2)c1. The summed E-state index contributed by atoms with van der Waals surface area (Å²) in [6, 6.07) is 9.56. The molecule has 2 N–H and O–H groups in total. The van der Waals surface area contributed by atoms with Crippen molar-refractivity contribution < 1.29 is 14.3 Å². The number of rotatable bonds is 7. The second kappa shape index (κ2) is 10.6. The molecule has 3 rings (SSSR count). The van der Waals surface area contributed by atoms with E-state index in [9.17, 15) is 9.59 Å². The lowest BCUT2D eigenvalue weighted by molar-refractivity contribution is 0.0933. The monoisotopic (exact) mass is 395 g/mol. The van der Waals surface area contributed by atoms with E-state index in [1.165, 1.54) is 25.2 Å². The number of carbonyl (C=O) groups excluding carboxylic acids is 2. The maximum absolute atomic E-state index is 12.6. The molecule has 1 fully saturated rings. The average molecular weight is 396 g/mol. The highest BCUT2D eigenvalue weighted by atomic mass is 16.5. The number of hydrogen-bond acceptors (Lipinski definition) is 4. The number of nitrogens with zero attached hydrogens (tertiary/aromatic N) is 1. The predicted octanol–water partition coefficient (Wildman–Crippen LogP) is 3.52. The molecular formula is C23H29N3O3. The predicted molar refractivity (Wildman–Crippen MR) is 112 cm³/mol. The number of hydrogen-bond donors (Lipinski definition) is 2. The molecule has 0 saturated heterocycles. The zero-order valence-corrected chi connectivity index (χ0v) is 16.9. The summed E-state index contributed by atoms with van der Waals surface area (Å²) >= 11 is 0. The van der Waals surface area contributed by atoms with Crippen molar-refractivity contribution in [3.63, 3.8) is 0 Å². The molecule has 1 aliphatic rings. The molecular weight excluding hydrogens is 366 g/mol. The second-order valence-electron chi connectivity index (χ2n) is 7.44. The molecule has 6 nitrogen and oxygen atoms in total. The fourth-order valence-corrected chi connectivity index (χ4v) is 3.70. The molecule has 0 spiro atoms. The Morgan fingerprint density at radius 3 is 2.45 bits per heavy atom. The lowest BCUT2D eigenvalue weighted by Gasteiger charge is -2.16. The van der Waals surface area contributed by atoms with Crippen LogP contribution in [0.1, 0.15) is 64.8 Å². The third-order valence-corrected chi connectivity index (χ3v) is 5.33. The second-order valence-corrected chi connectivity index (χ2v) is 7.44. The van der Waals surface area contributed by atoms with Gasteiger partial charge in [-0.1, -0.05) is 43.9 Å². The summed E-state index contributed by atoms with van der Waals surface area (Å²) in [6.45, 7) is 0.470. The first-order valence-corrected chi connectivity index (χ1v) is 10.3. The maximum Gasteiger partial charge on any atom is 0.253 e. The minimum Gasteiger partial charge on any atom is -0.496 e. The molecule has 6 heteroatoms. The van der Waals surface area contributed by atoms with Gasteiger partial charge in [-0.25, -0.2) is 0 Å². The van der Waals surface area contributed by atoms with Gasteiger partial charge >= 0.3 is 0 Å². The molecule has 1 aromatic heterocycles. The van der Waals surface area contributed by atoms with Crippen molar-refractivity contribution in [2.45, 2.75) is 51.0 Å². The highest BCUT2D eigenvalue weighted by molar-refractivity contribution is 5.99. The highest BCUT2D eigenvalue weighted by Gasteiger charge is 2.17. The maximum atomic E-state index is 12.6. The third-order valence-electron chi connectivity index (χ3n) is 5.33. The van der Waals surface area contributed by atoms with Gasteiger partial charge in [-0.15, -0.1) is 0 Å². The average Bonchev–Trinajstić information content (AvgIpc) is 3.02. The topological polar surface area (TPSA) is 80.3 Å². The van der Waals surface area contributed by atoms with Gasteiger partial charge in [0.1, 0.15) is 5.75 Å². The number of nitrogens with one attached hydrogen (secondary N) is 2. The number of benzene rings is 1. The molecule has 1 aromatic carbocycles. The van der Waals surface area contributed by atoms with E-state index in [2.05, 4.69) is 15.6 Å². The quantitative estimate of drug-likeness (QED) is 0.703. The van der Waals surface area contributed by atoms with Crippen molar-refractivity contribution in [1.29, 1.82) is 0 Å². The first-order valence-electron chi connectivity index (χ1n) is 10.3. The zero-order valence-electron chi connectivity index (χ0n) is 16.9. The number of para-hydroxylation sites is 1. The Balaban J connectivity index is 1.55. The van der Waals surface area contributed by atoms with Crippen LogP contribution in [0.3, 0.4) is 0 Å². The van der Waals surface area contributed by atoms with Crippen LogP contribution in [-0.4, -0.2) is 36.5 Å². The van der Waals surface area contributed by atoms with E-state index in [0.29, 0.717) is 24.1 Å². The Morgan fingerprint density at radius 1 is 1.03 bits per heavy atom. The van der Waals surface area contributed by atoms with Gasteiger partial charge in [-0.2, -0.15) is 0 Å². The van der Waals surface area contributed by atoms with Crippen LogP contribution in [0.4, 0.5) is 0 Å². The number of amides is 2. The van der Waals surface area contributed by atoms with Crippen molar-refractivity contribution >= 4 is 11.8 Å². The molecule has 0 aliphatic heterocycles. The van der Waals surface area contributed by atoms with Gasteiger partial charge in [0.05, 0.1) is 18.2 Å². The molecule has 2 aromatic rings. The Hall–Kier alpha value is -2.89. The molecule has 1 aliphatic carbocycles. The van der Waals surface area contributed by atoms with Crippen LogP contribution in [0.15, 0.2) is 42.7 Å². The van der Waals surface area contributed by atoms with Crippen LogP contribution in [0.2, 0.25) is 0 Å². The number of aromatic nitrogens is 1. The van der Waals surface area contributed by atoms with E-state index in [1.54, 1.807) is 13.2 Å². The fourth-order valence-electron chi connectivity index (χ4n) is 3.70. The van der Waals surface area contributed by atoms with E-state index in [0.717, 1.165) is 37.0 Å². The van der Waals surface area contributed by atoms with Crippen molar-refractivity contribution in [1.82, 2.24) is 15.6 Å². The smallest absolute Gasteiger partial charge is 0.253 e. The van der Waals surface area contributed by atoms with Crippen LogP contribution < -0.4 is 15.4 Å². The van der Waals surface area contributed by atoms with Gasteiger partial charge in [0, 0.05) is 25.0 Å². The van der Waals surface area contributed by atoms with E-state index < -0.39 is 0 Å². The van der Waals surface area contributed by atoms with Crippen molar-refractivity contribution in [3.05, 3.63) is 59.4 Å². The highest BCUT2D eigenvalue weighted by Crippen LogP contribution is 2.18. The van der Waals surface area contributed by atoms with Gasteiger partial charge in [0.15, 0.2) is 0 Å². The summed E-state index contributed by atoms with van der Waals surface area (Å²) in [7, 11) is 1.63. The Bertz CT molecular complexity index is 830. The molecule has 0 radical (unpaired) electrons. The van der Waals surface area contributed by atoms with E-state index in [4.69, 9.17) is 4.74 Å². The Labute approximate surface area is 172 Å². The van der Waals surface area contributed by atoms with Crippen LogP contribution in [0, 0.1) is 0 Å². The van der Waals surface area contributed by atoms with Crippen molar-refractivity contribution in [2.75, 3.05) is 13.7 Å². The first-order chi connectivity index (χ1) is 14.2. The van der Waals surface area contributed by atoms with Gasteiger partial charge in [0.25, 0.3) is 11.8 Å². The molecule has 29 heavy (non-hydrogen) atoms. The van der Waals surface area contributed by atoms with Gasteiger partial charge in [0.2, 0.25) is 0 Å². The molecule has 0 bridgehead atoms. The summed E-state index contributed by atoms with van der Waals surface area (Å²) in [5.41, 5.74) is 1.84. The molecule has 1 heterocycles. The fraction of sp³-hybridized carbons (Fsp3) is 0.435. The van der Waals surface area contributed by atoms with E-state index in [1.807, 2.05) is 24.3 Å². The van der Waals surface area contributed by atoms with Crippen molar-refractivity contribution in [2.24, 2.45) is 0 Å². The number of pyridine rings is 1. The Morgan fingerprint density at radius 2 is 1.72 bits per heavy atom.